The fraction of sp³-hybridized carbons (Fsp3) is 0.500. The molecule has 108 valence electrons. The third-order valence-electron chi connectivity index (χ3n) is 3.87. The van der Waals surface area contributed by atoms with Crippen molar-refractivity contribution in [2.24, 2.45) is 5.73 Å². The van der Waals surface area contributed by atoms with Gasteiger partial charge in [-0.2, -0.15) is 0 Å². The minimum Gasteiger partial charge on any atom is -0.400 e. The third kappa shape index (κ3) is 3.14. The van der Waals surface area contributed by atoms with Crippen LogP contribution >= 0.6 is 15.9 Å². The van der Waals surface area contributed by atoms with Gasteiger partial charge in [-0.05, 0) is 60.7 Å². The molecule has 1 aromatic heterocycles. The maximum Gasteiger partial charge on any atom is 0.491 e. The lowest BCUT2D eigenvalue weighted by Crippen LogP contribution is -2.41. The second-order valence-electron chi connectivity index (χ2n) is 5.95. The fourth-order valence-electron chi connectivity index (χ4n) is 1.94. The molecule has 2 heterocycles. The van der Waals surface area contributed by atoms with Crippen LogP contribution < -0.4 is 5.73 Å². The fourth-order valence-corrected chi connectivity index (χ4v) is 2.32. The Morgan fingerprint density at radius 3 is 2.40 bits per heavy atom. The molecule has 1 fully saturated rings. The maximum atomic E-state index is 6.02. The Balaban J connectivity index is 2.26. The van der Waals surface area contributed by atoms with Crippen LogP contribution in [0, 0.1) is 0 Å². The first-order chi connectivity index (χ1) is 9.25. The standard InChI is InChI=1S/C14H20BBrN2O2/c1-13(2)14(3,4)20-15(19-13)11(7-17)5-10-6-12(16)9-18-8-10/h5-6,8-9H,7,17H2,1-4H3. The summed E-state index contributed by atoms with van der Waals surface area (Å²) in [6.07, 6.45) is 5.50. The van der Waals surface area contributed by atoms with Crippen molar-refractivity contribution in [2.45, 2.75) is 38.9 Å². The number of hydrogen-bond acceptors (Lipinski definition) is 4. The normalized spacial score (nSPS) is 21.3. The second-order valence-corrected chi connectivity index (χ2v) is 6.86. The van der Waals surface area contributed by atoms with Crippen molar-refractivity contribution in [3.05, 3.63) is 34.0 Å². The molecule has 0 saturated carbocycles. The van der Waals surface area contributed by atoms with E-state index >= 15 is 0 Å². The minimum atomic E-state index is -0.413. The summed E-state index contributed by atoms with van der Waals surface area (Å²) in [5, 5.41) is 0. The summed E-state index contributed by atoms with van der Waals surface area (Å²) >= 11 is 3.41. The van der Waals surface area contributed by atoms with E-state index < -0.39 is 7.12 Å². The van der Waals surface area contributed by atoms with Crippen molar-refractivity contribution in [1.29, 1.82) is 0 Å². The van der Waals surface area contributed by atoms with E-state index in [2.05, 4.69) is 20.9 Å². The maximum absolute atomic E-state index is 6.02. The molecule has 0 bridgehead atoms. The van der Waals surface area contributed by atoms with Crippen LogP contribution in [0.4, 0.5) is 0 Å². The number of rotatable bonds is 3. The van der Waals surface area contributed by atoms with E-state index in [1.54, 1.807) is 12.4 Å². The lowest BCUT2D eigenvalue weighted by atomic mass is 9.77. The second kappa shape index (κ2) is 5.60. The number of pyridine rings is 1. The Morgan fingerprint density at radius 1 is 1.30 bits per heavy atom. The molecule has 0 unspecified atom stereocenters. The SMILES string of the molecule is CC1(C)OB(C(=Cc2cncc(Br)c2)CN)OC1(C)C. The van der Waals surface area contributed by atoms with Gasteiger partial charge in [0.05, 0.1) is 11.2 Å². The predicted octanol–water partition coefficient (Wildman–Crippen LogP) is 2.82. The Kier molecular flexibility index (Phi) is 4.40. The van der Waals surface area contributed by atoms with Crippen LogP contribution in [0.25, 0.3) is 6.08 Å². The van der Waals surface area contributed by atoms with Crippen molar-refractivity contribution in [1.82, 2.24) is 4.98 Å². The van der Waals surface area contributed by atoms with Gasteiger partial charge in [0.2, 0.25) is 0 Å². The molecule has 0 atom stereocenters. The van der Waals surface area contributed by atoms with Crippen LogP contribution in [-0.2, 0) is 9.31 Å². The summed E-state index contributed by atoms with van der Waals surface area (Å²) in [5.41, 5.74) is 7.01. The number of nitrogens with zero attached hydrogens (tertiary/aromatic N) is 1. The van der Waals surface area contributed by atoms with Crippen molar-refractivity contribution in [3.63, 3.8) is 0 Å². The van der Waals surface area contributed by atoms with E-state index in [9.17, 15) is 0 Å². The minimum absolute atomic E-state index is 0.360. The highest BCUT2D eigenvalue weighted by atomic mass is 79.9. The summed E-state index contributed by atoms with van der Waals surface area (Å²) in [4.78, 5) is 4.14. The number of aromatic nitrogens is 1. The van der Waals surface area contributed by atoms with Crippen LogP contribution in [0.2, 0.25) is 0 Å². The van der Waals surface area contributed by atoms with Gasteiger partial charge < -0.3 is 15.0 Å². The highest BCUT2D eigenvalue weighted by Gasteiger charge is 2.52. The first kappa shape index (κ1) is 15.7. The molecule has 0 spiro atoms. The molecule has 0 aliphatic carbocycles. The smallest absolute Gasteiger partial charge is 0.400 e. The molecule has 20 heavy (non-hydrogen) atoms. The Morgan fingerprint density at radius 2 is 1.90 bits per heavy atom. The van der Waals surface area contributed by atoms with Crippen molar-refractivity contribution >= 4 is 29.1 Å². The van der Waals surface area contributed by atoms with Gasteiger partial charge in [-0.25, -0.2) is 0 Å². The Bertz CT molecular complexity index is 516. The van der Waals surface area contributed by atoms with Crippen LogP contribution in [0.5, 0.6) is 0 Å². The predicted molar refractivity (Wildman–Crippen MR) is 85.1 cm³/mol. The zero-order chi connectivity index (χ0) is 15.0. The number of hydrogen-bond donors (Lipinski definition) is 1. The summed E-state index contributed by atoms with van der Waals surface area (Å²) in [6.45, 7) is 8.50. The molecular weight excluding hydrogens is 319 g/mol. The van der Waals surface area contributed by atoms with Gasteiger partial charge in [-0.15, -0.1) is 0 Å². The zero-order valence-electron chi connectivity index (χ0n) is 12.3. The van der Waals surface area contributed by atoms with Gasteiger partial charge in [-0.1, -0.05) is 6.08 Å². The van der Waals surface area contributed by atoms with E-state index in [0.717, 1.165) is 15.5 Å². The summed E-state index contributed by atoms with van der Waals surface area (Å²) in [7, 11) is -0.413. The summed E-state index contributed by atoms with van der Waals surface area (Å²) in [5.74, 6) is 0. The largest absolute Gasteiger partial charge is 0.491 e. The highest BCUT2D eigenvalue weighted by molar-refractivity contribution is 9.10. The molecule has 0 aromatic carbocycles. The van der Waals surface area contributed by atoms with Gasteiger partial charge in [-0.3, -0.25) is 4.98 Å². The van der Waals surface area contributed by atoms with E-state index in [1.165, 1.54) is 0 Å². The quantitative estimate of drug-likeness (QED) is 0.861. The lowest BCUT2D eigenvalue weighted by molar-refractivity contribution is 0.00578. The van der Waals surface area contributed by atoms with Gasteiger partial charge in [0.25, 0.3) is 0 Å². The van der Waals surface area contributed by atoms with Gasteiger partial charge in [0.15, 0.2) is 0 Å². The van der Waals surface area contributed by atoms with E-state index in [4.69, 9.17) is 15.0 Å². The topological polar surface area (TPSA) is 57.4 Å². The lowest BCUT2D eigenvalue weighted by Gasteiger charge is -2.32. The summed E-state index contributed by atoms with van der Waals surface area (Å²) in [6, 6.07) is 1.98. The van der Waals surface area contributed by atoms with E-state index in [1.807, 2.05) is 39.8 Å². The number of halogens is 1. The third-order valence-corrected chi connectivity index (χ3v) is 4.30. The first-order valence-corrected chi connectivity index (χ1v) is 7.41. The molecule has 1 aromatic rings. The van der Waals surface area contributed by atoms with Crippen molar-refractivity contribution < 1.29 is 9.31 Å². The van der Waals surface area contributed by atoms with E-state index in [-0.39, 0.29) is 11.2 Å². The van der Waals surface area contributed by atoms with Crippen LogP contribution in [0.15, 0.2) is 28.4 Å². The highest BCUT2D eigenvalue weighted by Crippen LogP contribution is 2.38. The zero-order valence-corrected chi connectivity index (χ0v) is 13.9. The van der Waals surface area contributed by atoms with Crippen LogP contribution in [0.1, 0.15) is 33.3 Å². The molecule has 0 amide bonds. The average molecular weight is 339 g/mol. The molecule has 2 N–H and O–H groups in total. The molecule has 2 rings (SSSR count). The monoisotopic (exact) mass is 338 g/mol. The van der Waals surface area contributed by atoms with Gasteiger partial charge in [0, 0.05) is 23.4 Å². The van der Waals surface area contributed by atoms with Crippen LogP contribution in [-0.4, -0.2) is 29.8 Å². The van der Waals surface area contributed by atoms with Crippen molar-refractivity contribution in [2.75, 3.05) is 6.54 Å². The molecule has 0 radical (unpaired) electrons. The van der Waals surface area contributed by atoms with Gasteiger partial charge >= 0.3 is 7.12 Å². The molecule has 4 nitrogen and oxygen atoms in total. The number of nitrogens with two attached hydrogens (primary N) is 1. The first-order valence-electron chi connectivity index (χ1n) is 6.62. The average Bonchev–Trinajstić information content (AvgIpc) is 2.55. The Hall–Kier alpha value is -0.685. The summed E-state index contributed by atoms with van der Waals surface area (Å²) < 4.78 is 13.0. The molecular formula is C14H20BBrN2O2. The van der Waals surface area contributed by atoms with Crippen molar-refractivity contribution in [3.8, 4) is 0 Å². The van der Waals surface area contributed by atoms with Crippen LogP contribution in [0.3, 0.4) is 0 Å². The molecule has 1 aliphatic rings. The molecule has 1 aliphatic heterocycles. The van der Waals surface area contributed by atoms with E-state index in [0.29, 0.717) is 6.54 Å². The molecule has 6 heteroatoms. The Labute approximate surface area is 129 Å². The van der Waals surface area contributed by atoms with Gasteiger partial charge in [0.1, 0.15) is 0 Å². The molecule has 1 saturated heterocycles.